The van der Waals surface area contributed by atoms with Gasteiger partial charge in [-0.25, -0.2) is 9.97 Å². The first-order chi connectivity index (χ1) is 7.22. The number of halogens is 2. The van der Waals surface area contributed by atoms with E-state index in [9.17, 15) is 4.79 Å². The molecule has 0 bridgehead atoms. The molecule has 0 aliphatic carbocycles. The van der Waals surface area contributed by atoms with Gasteiger partial charge in [-0.1, -0.05) is 11.6 Å². The number of nitrogens with zero attached hydrogens (tertiary/aromatic N) is 2. The van der Waals surface area contributed by atoms with Crippen LogP contribution in [0, 0.1) is 0 Å². The van der Waals surface area contributed by atoms with Crippen molar-refractivity contribution < 1.29 is 4.79 Å². The third-order valence-electron chi connectivity index (χ3n) is 1.66. The van der Waals surface area contributed by atoms with Crippen molar-refractivity contribution >= 4 is 35.1 Å². The van der Waals surface area contributed by atoms with Crippen molar-refractivity contribution in [3.8, 4) is 0 Å². The van der Waals surface area contributed by atoms with Gasteiger partial charge >= 0.3 is 0 Å². The summed E-state index contributed by atoms with van der Waals surface area (Å²) in [6, 6.07) is 1.55. The molecule has 82 valence electrons. The minimum Gasteiger partial charge on any atom is -0.294 e. The molecule has 1 heterocycles. The van der Waals surface area contributed by atoms with E-state index in [0.29, 0.717) is 17.5 Å². The number of nitrogens with one attached hydrogen (secondary N) is 1. The molecular formula is C9H11Cl2N3O. The third kappa shape index (κ3) is 4.95. The number of anilines is 1. The van der Waals surface area contributed by atoms with Crippen LogP contribution in [0.25, 0.3) is 0 Å². The molecule has 0 atom stereocenters. The second kappa shape index (κ2) is 6.58. The van der Waals surface area contributed by atoms with Gasteiger partial charge in [0.2, 0.25) is 11.9 Å². The Bertz CT molecular complexity index is 333. The van der Waals surface area contributed by atoms with Gasteiger partial charge in [-0.05, 0) is 18.9 Å². The highest BCUT2D eigenvalue weighted by Crippen LogP contribution is 2.06. The van der Waals surface area contributed by atoms with Crippen LogP contribution in [0.5, 0.6) is 0 Å². The van der Waals surface area contributed by atoms with Crippen LogP contribution in [0.15, 0.2) is 12.3 Å². The number of unbranched alkanes of at least 4 members (excludes halogenated alkanes) is 1. The molecule has 15 heavy (non-hydrogen) atoms. The van der Waals surface area contributed by atoms with Crippen LogP contribution in [-0.2, 0) is 4.79 Å². The van der Waals surface area contributed by atoms with Gasteiger partial charge in [-0.3, -0.25) is 10.1 Å². The van der Waals surface area contributed by atoms with Crippen molar-refractivity contribution in [2.75, 3.05) is 11.2 Å². The average molecular weight is 248 g/mol. The zero-order valence-corrected chi connectivity index (χ0v) is 9.55. The summed E-state index contributed by atoms with van der Waals surface area (Å²) in [7, 11) is 0. The monoisotopic (exact) mass is 247 g/mol. The molecule has 1 N–H and O–H groups in total. The normalized spacial score (nSPS) is 10.0. The minimum atomic E-state index is -0.123. The van der Waals surface area contributed by atoms with Gasteiger partial charge in [0.25, 0.3) is 0 Å². The molecular weight excluding hydrogens is 237 g/mol. The lowest BCUT2D eigenvalue weighted by molar-refractivity contribution is -0.116. The molecule has 0 aliphatic heterocycles. The van der Waals surface area contributed by atoms with Crippen molar-refractivity contribution in [3.63, 3.8) is 0 Å². The molecule has 1 aromatic rings. The highest BCUT2D eigenvalue weighted by molar-refractivity contribution is 6.29. The molecule has 4 nitrogen and oxygen atoms in total. The fourth-order valence-corrected chi connectivity index (χ4v) is 1.29. The molecule has 0 saturated heterocycles. The third-order valence-corrected chi connectivity index (χ3v) is 2.14. The van der Waals surface area contributed by atoms with E-state index in [2.05, 4.69) is 15.3 Å². The largest absolute Gasteiger partial charge is 0.294 e. The van der Waals surface area contributed by atoms with Crippen LogP contribution in [0.3, 0.4) is 0 Å². The van der Waals surface area contributed by atoms with Crippen molar-refractivity contribution in [1.29, 1.82) is 0 Å². The first kappa shape index (κ1) is 12.2. The highest BCUT2D eigenvalue weighted by atomic mass is 35.5. The summed E-state index contributed by atoms with van der Waals surface area (Å²) < 4.78 is 0. The molecule has 1 aromatic heterocycles. The van der Waals surface area contributed by atoms with E-state index >= 15 is 0 Å². The summed E-state index contributed by atoms with van der Waals surface area (Å²) in [5.41, 5.74) is 0. The smallest absolute Gasteiger partial charge is 0.230 e. The second-order valence-corrected chi connectivity index (χ2v) is 3.66. The summed E-state index contributed by atoms with van der Waals surface area (Å²) in [5, 5.41) is 2.86. The first-order valence-corrected chi connectivity index (χ1v) is 5.48. The van der Waals surface area contributed by atoms with Crippen LogP contribution in [0.2, 0.25) is 5.15 Å². The quantitative estimate of drug-likeness (QED) is 0.494. The summed E-state index contributed by atoms with van der Waals surface area (Å²) >= 11 is 11.1. The number of carbonyl (C=O) groups excluding carboxylic acids is 1. The SMILES string of the molecule is O=C(CCCCCl)Nc1nccc(Cl)n1. The lowest BCUT2D eigenvalue weighted by Crippen LogP contribution is -2.13. The number of rotatable bonds is 5. The molecule has 0 aromatic carbocycles. The van der Waals surface area contributed by atoms with E-state index in [0.717, 1.165) is 12.8 Å². The summed E-state index contributed by atoms with van der Waals surface area (Å²) in [6.07, 6.45) is 3.49. The van der Waals surface area contributed by atoms with Gasteiger partial charge in [-0.15, -0.1) is 11.6 Å². The van der Waals surface area contributed by atoms with Gasteiger partial charge < -0.3 is 0 Å². The van der Waals surface area contributed by atoms with Gasteiger partial charge in [0.1, 0.15) is 5.15 Å². The first-order valence-electron chi connectivity index (χ1n) is 4.56. The van der Waals surface area contributed by atoms with Crippen LogP contribution >= 0.6 is 23.2 Å². The van der Waals surface area contributed by atoms with Gasteiger partial charge in [0.05, 0.1) is 0 Å². The predicted octanol–water partition coefficient (Wildman–Crippen LogP) is 2.48. The number of carbonyl (C=O) groups is 1. The predicted molar refractivity (Wildman–Crippen MR) is 60.2 cm³/mol. The Morgan fingerprint density at radius 2 is 2.27 bits per heavy atom. The van der Waals surface area contributed by atoms with Crippen LogP contribution in [-0.4, -0.2) is 21.8 Å². The lowest BCUT2D eigenvalue weighted by Gasteiger charge is -2.02. The fourth-order valence-electron chi connectivity index (χ4n) is 0.964. The zero-order chi connectivity index (χ0) is 11.1. The van der Waals surface area contributed by atoms with E-state index in [-0.39, 0.29) is 11.9 Å². The topological polar surface area (TPSA) is 54.9 Å². The molecule has 0 unspecified atom stereocenters. The Labute approximate surface area is 98.0 Å². The minimum absolute atomic E-state index is 0.123. The number of aromatic nitrogens is 2. The molecule has 1 amide bonds. The van der Waals surface area contributed by atoms with E-state index in [1.807, 2.05) is 0 Å². The van der Waals surface area contributed by atoms with Crippen molar-refractivity contribution in [2.45, 2.75) is 19.3 Å². The number of amides is 1. The molecule has 1 rings (SSSR count). The van der Waals surface area contributed by atoms with Crippen LogP contribution < -0.4 is 5.32 Å². The fraction of sp³-hybridized carbons (Fsp3) is 0.444. The van der Waals surface area contributed by atoms with Crippen molar-refractivity contribution in [3.05, 3.63) is 17.4 Å². The highest BCUT2D eigenvalue weighted by Gasteiger charge is 2.04. The summed E-state index contributed by atoms with van der Waals surface area (Å²) in [6.45, 7) is 0. The van der Waals surface area contributed by atoms with Crippen LogP contribution in [0.1, 0.15) is 19.3 Å². The van der Waals surface area contributed by atoms with Gasteiger partial charge in [-0.2, -0.15) is 0 Å². The van der Waals surface area contributed by atoms with E-state index < -0.39 is 0 Å². The van der Waals surface area contributed by atoms with Crippen LogP contribution in [0.4, 0.5) is 5.95 Å². The molecule has 0 aliphatic rings. The zero-order valence-electron chi connectivity index (χ0n) is 8.04. The summed E-state index contributed by atoms with van der Waals surface area (Å²) in [4.78, 5) is 19.0. The lowest BCUT2D eigenvalue weighted by atomic mass is 10.2. The average Bonchev–Trinajstić information content (AvgIpc) is 2.18. The molecule has 0 spiro atoms. The maximum absolute atomic E-state index is 11.3. The maximum atomic E-state index is 11.3. The number of hydrogen-bond acceptors (Lipinski definition) is 3. The Morgan fingerprint density at radius 3 is 2.93 bits per heavy atom. The van der Waals surface area contributed by atoms with E-state index in [1.165, 1.54) is 6.20 Å². The Hall–Kier alpha value is -0.870. The van der Waals surface area contributed by atoms with Crippen molar-refractivity contribution in [2.24, 2.45) is 0 Å². The maximum Gasteiger partial charge on any atom is 0.230 e. The molecule has 0 saturated carbocycles. The van der Waals surface area contributed by atoms with Gasteiger partial charge in [0, 0.05) is 18.5 Å². The Kier molecular flexibility index (Phi) is 5.36. The van der Waals surface area contributed by atoms with Gasteiger partial charge in [0.15, 0.2) is 0 Å². The van der Waals surface area contributed by atoms with E-state index in [1.54, 1.807) is 6.07 Å². The Morgan fingerprint density at radius 1 is 1.47 bits per heavy atom. The molecule has 0 radical (unpaired) electrons. The Balaban J connectivity index is 2.37. The summed E-state index contributed by atoms with van der Waals surface area (Å²) in [5.74, 6) is 0.682. The molecule has 6 heteroatoms. The number of hydrogen-bond donors (Lipinski definition) is 1. The molecule has 0 fully saturated rings. The number of alkyl halides is 1. The second-order valence-electron chi connectivity index (χ2n) is 2.90. The van der Waals surface area contributed by atoms with E-state index in [4.69, 9.17) is 23.2 Å². The standard InChI is InChI=1S/C9H11Cl2N3O/c10-5-2-1-3-8(15)14-9-12-6-4-7(11)13-9/h4,6H,1-3,5H2,(H,12,13,14,15). The van der Waals surface area contributed by atoms with Crippen molar-refractivity contribution in [1.82, 2.24) is 9.97 Å².